The molecule has 1 aromatic rings. The van der Waals surface area contributed by atoms with E-state index in [2.05, 4.69) is 26.8 Å². The largest absolute Gasteiger partial charge is 0.376 e. The van der Waals surface area contributed by atoms with Gasteiger partial charge in [-0.1, -0.05) is 5.92 Å². The second kappa shape index (κ2) is 3.51. The molecular weight excluding hydrogens is 206 g/mol. The van der Waals surface area contributed by atoms with E-state index in [9.17, 15) is 5.11 Å². The number of nitrogens with zero attached hydrogens (tertiary/aromatic N) is 1. The first-order chi connectivity index (χ1) is 5.25. The Morgan fingerprint density at radius 2 is 2.45 bits per heavy atom. The molecule has 0 saturated heterocycles. The molecule has 11 heavy (non-hydrogen) atoms. The van der Waals surface area contributed by atoms with Crippen LogP contribution in [0.25, 0.3) is 0 Å². The van der Waals surface area contributed by atoms with E-state index in [4.69, 9.17) is 6.42 Å². The van der Waals surface area contributed by atoms with E-state index in [0.717, 1.165) is 4.47 Å². The number of hydrogen-bond acceptors (Lipinski definition) is 2. The Kier molecular flexibility index (Phi) is 2.64. The fraction of sp³-hybridized carbons (Fsp3) is 0.125. The average Bonchev–Trinajstić information content (AvgIpc) is 2.04. The standard InChI is InChI=1S/C8H6BrNO/c1-2-8(11)6-3-4-10-5-7(6)9/h1,3-5,8,11H/t8-/m1/s1. The van der Waals surface area contributed by atoms with Crippen molar-refractivity contribution in [2.24, 2.45) is 0 Å². The quantitative estimate of drug-likeness (QED) is 0.715. The molecule has 0 bridgehead atoms. The lowest BCUT2D eigenvalue weighted by molar-refractivity contribution is 0.237. The molecule has 0 fully saturated rings. The van der Waals surface area contributed by atoms with Crippen LogP contribution in [0.5, 0.6) is 0 Å². The van der Waals surface area contributed by atoms with E-state index in [0.29, 0.717) is 5.56 Å². The molecule has 0 spiro atoms. The molecular formula is C8H6BrNO. The maximum atomic E-state index is 9.22. The number of hydrogen-bond donors (Lipinski definition) is 1. The Hall–Kier alpha value is -0.850. The molecule has 3 heteroatoms. The molecule has 0 unspecified atom stereocenters. The van der Waals surface area contributed by atoms with Crippen molar-refractivity contribution in [3.8, 4) is 12.3 Å². The van der Waals surface area contributed by atoms with Crippen LogP contribution in [0, 0.1) is 12.3 Å². The Bertz CT molecular complexity index is 292. The monoisotopic (exact) mass is 211 g/mol. The summed E-state index contributed by atoms with van der Waals surface area (Å²) in [6.45, 7) is 0. The summed E-state index contributed by atoms with van der Waals surface area (Å²) in [7, 11) is 0. The zero-order valence-electron chi connectivity index (χ0n) is 5.66. The van der Waals surface area contributed by atoms with Gasteiger partial charge in [0.15, 0.2) is 0 Å². The highest BCUT2D eigenvalue weighted by molar-refractivity contribution is 9.10. The third-order valence-electron chi connectivity index (χ3n) is 1.26. The minimum atomic E-state index is -0.854. The summed E-state index contributed by atoms with van der Waals surface area (Å²) in [5, 5.41) is 9.22. The lowest BCUT2D eigenvalue weighted by Gasteiger charge is -2.04. The summed E-state index contributed by atoms with van der Waals surface area (Å²) in [6.07, 6.45) is 7.35. The van der Waals surface area contributed by atoms with Crippen molar-refractivity contribution in [1.82, 2.24) is 4.98 Å². The van der Waals surface area contributed by atoms with Crippen LogP contribution in [-0.2, 0) is 0 Å². The van der Waals surface area contributed by atoms with E-state index in [1.807, 2.05) is 0 Å². The predicted octanol–water partition coefficient (Wildman–Crippen LogP) is 1.51. The highest BCUT2D eigenvalue weighted by atomic mass is 79.9. The van der Waals surface area contributed by atoms with Gasteiger partial charge in [0.2, 0.25) is 0 Å². The number of rotatable bonds is 1. The number of aliphatic hydroxyl groups excluding tert-OH is 1. The van der Waals surface area contributed by atoms with Crippen LogP contribution in [0.2, 0.25) is 0 Å². The third-order valence-corrected chi connectivity index (χ3v) is 1.92. The van der Waals surface area contributed by atoms with Gasteiger partial charge in [0.05, 0.1) is 0 Å². The summed E-state index contributed by atoms with van der Waals surface area (Å²) < 4.78 is 0.727. The molecule has 0 aliphatic carbocycles. The highest BCUT2D eigenvalue weighted by Crippen LogP contribution is 2.20. The number of halogens is 1. The maximum absolute atomic E-state index is 9.22. The van der Waals surface area contributed by atoms with Crippen LogP contribution < -0.4 is 0 Å². The number of terminal acetylenes is 1. The zero-order chi connectivity index (χ0) is 8.27. The van der Waals surface area contributed by atoms with Gasteiger partial charge < -0.3 is 5.11 Å². The van der Waals surface area contributed by atoms with Gasteiger partial charge >= 0.3 is 0 Å². The first kappa shape index (κ1) is 8.25. The second-order valence-corrected chi connectivity index (χ2v) is 2.82. The SMILES string of the molecule is C#C[C@@H](O)c1ccncc1Br. The number of aliphatic hydroxyl groups is 1. The molecule has 0 amide bonds. The van der Waals surface area contributed by atoms with E-state index in [1.54, 1.807) is 18.5 Å². The maximum Gasteiger partial charge on any atom is 0.141 e. The molecule has 1 aromatic heterocycles. The molecule has 1 N–H and O–H groups in total. The second-order valence-electron chi connectivity index (χ2n) is 1.97. The van der Waals surface area contributed by atoms with Gasteiger partial charge in [0.25, 0.3) is 0 Å². The Balaban J connectivity index is 3.05. The summed E-state index contributed by atoms with van der Waals surface area (Å²) >= 11 is 3.22. The van der Waals surface area contributed by atoms with Crippen LogP contribution in [0.3, 0.4) is 0 Å². The summed E-state index contributed by atoms with van der Waals surface area (Å²) in [5.41, 5.74) is 0.669. The Morgan fingerprint density at radius 1 is 1.73 bits per heavy atom. The third kappa shape index (κ3) is 1.79. The van der Waals surface area contributed by atoms with E-state index in [1.165, 1.54) is 0 Å². The number of pyridine rings is 1. The molecule has 1 atom stereocenters. The number of aromatic nitrogens is 1. The van der Waals surface area contributed by atoms with Gasteiger partial charge in [-0.05, 0) is 22.0 Å². The van der Waals surface area contributed by atoms with Crippen LogP contribution in [0.15, 0.2) is 22.9 Å². The fourth-order valence-electron chi connectivity index (χ4n) is 0.697. The van der Waals surface area contributed by atoms with Crippen molar-refractivity contribution in [3.05, 3.63) is 28.5 Å². The van der Waals surface area contributed by atoms with Crippen LogP contribution in [-0.4, -0.2) is 10.1 Å². The fourth-order valence-corrected chi connectivity index (χ4v) is 1.16. The molecule has 1 heterocycles. The Labute approximate surface area is 73.4 Å². The van der Waals surface area contributed by atoms with Crippen molar-refractivity contribution < 1.29 is 5.11 Å². The summed E-state index contributed by atoms with van der Waals surface area (Å²) in [6, 6.07) is 1.68. The predicted molar refractivity (Wildman–Crippen MR) is 45.7 cm³/mol. The van der Waals surface area contributed by atoms with Crippen molar-refractivity contribution in [2.75, 3.05) is 0 Å². The highest BCUT2D eigenvalue weighted by Gasteiger charge is 2.06. The van der Waals surface area contributed by atoms with E-state index < -0.39 is 6.10 Å². The van der Waals surface area contributed by atoms with Gasteiger partial charge in [0.1, 0.15) is 6.10 Å². The summed E-state index contributed by atoms with van der Waals surface area (Å²) in [5.74, 6) is 2.22. The topological polar surface area (TPSA) is 33.1 Å². The van der Waals surface area contributed by atoms with Crippen LogP contribution >= 0.6 is 15.9 Å². The minimum absolute atomic E-state index is 0.669. The molecule has 2 nitrogen and oxygen atoms in total. The van der Waals surface area contributed by atoms with Crippen LogP contribution in [0.1, 0.15) is 11.7 Å². The van der Waals surface area contributed by atoms with Gasteiger partial charge in [-0.3, -0.25) is 4.98 Å². The van der Waals surface area contributed by atoms with Crippen molar-refractivity contribution in [2.45, 2.75) is 6.10 Å². The first-order valence-corrected chi connectivity index (χ1v) is 3.78. The van der Waals surface area contributed by atoms with Gasteiger partial charge in [-0.15, -0.1) is 6.42 Å². The smallest absolute Gasteiger partial charge is 0.141 e. The lowest BCUT2D eigenvalue weighted by atomic mass is 10.2. The molecule has 0 aliphatic rings. The van der Waals surface area contributed by atoms with Gasteiger partial charge in [-0.25, -0.2) is 0 Å². The minimum Gasteiger partial charge on any atom is -0.376 e. The molecule has 0 radical (unpaired) electrons. The molecule has 1 rings (SSSR count). The summed E-state index contributed by atoms with van der Waals surface area (Å²) in [4.78, 5) is 3.84. The van der Waals surface area contributed by atoms with Crippen molar-refractivity contribution in [1.29, 1.82) is 0 Å². The lowest BCUT2D eigenvalue weighted by Crippen LogP contribution is -1.94. The normalized spacial score (nSPS) is 12.1. The molecule has 0 aliphatic heterocycles. The van der Waals surface area contributed by atoms with Gasteiger partial charge in [0, 0.05) is 22.4 Å². The zero-order valence-corrected chi connectivity index (χ0v) is 7.25. The Morgan fingerprint density at radius 3 is 3.00 bits per heavy atom. The first-order valence-electron chi connectivity index (χ1n) is 2.99. The molecule has 0 saturated carbocycles. The average molecular weight is 212 g/mol. The molecule has 56 valence electrons. The van der Waals surface area contributed by atoms with E-state index in [-0.39, 0.29) is 0 Å². The van der Waals surface area contributed by atoms with E-state index >= 15 is 0 Å². The molecule has 0 aromatic carbocycles. The van der Waals surface area contributed by atoms with Crippen molar-refractivity contribution >= 4 is 15.9 Å². The van der Waals surface area contributed by atoms with Crippen LogP contribution in [0.4, 0.5) is 0 Å². The van der Waals surface area contributed by atoms with Gasteiger partial charge in [-0.2, -0.15) is 0 Å². The van der Waals surface area contributed by atoms with Crippen molar-refractivity contribution in [3.63, 3.8) is 0 Å².